The Hall–Kier alpha value is -1.49. The molecule has 1 aromatic rings. The molecule has 80 valence electrons. The molecular formula is C10H12N2O3. The zero-order valence-electron chi connectivity index (χ0n) is 8.38. The highest BCUT2D eigenvalue weighted by molar-refractivity contribution is 5.77. The van der Waals surface area contributed by atoms with Crippen LogP contribution < -0.4 is 0 Å². The Morgan fingerprint density at radius 2 is 2.13 bits per heavy atom. The smallest absolute Gasteiger partial charge is 0.335 e. The van der Waals surface area contributed by atoms with Gasteiger partial charge in [0.25, 0.3) is 0 Å². The van der Waals surface area contributed by atoms with E-state index in [2.05, 4.69) is 14.7 Å². The molecule has 1 aromatic heterocycles. The molecule has 0 amide bonds. The van der Waals surface area contributed by atoms with Gasteiger partial charge in [0, 0.05) is 17.8 Å². The molecule has 1 saturated carbocycles. The number of esters is 1. The molecule has 15 heavy (non-hydrogen) atoms. The Kier molecular flexibility index (Phi) is 2.40. The third kappa shape index (κ3) is 1.59. The number of nitrogens with zero attached hydrogens (tertiary/aromatic N) is 2. The van der Waals surface area contributed by atoms with E-state index >= 15 is 0 Å². The molecule has 0 spiro atoms. The molecule has 1 heterocycles. The van der Waals surface area contributed by atoms with Crippen molar-refractivity contribution in [1.82, 2.24) is 9.97 Å². The van der Waals surface area contributed by atoms with Gasteiger partial charge in [0.05, 0.1) is 7.11 Å². The highest BCUT2D eigenvalue weighted by Gasteiger charge is 2.54. The van der Waals surface area contributed by atoms with E-state index < -0.39 is 17.5 Å². The summed E-state index contributed by atoms with van der Waals surface area (Å²) in [6.07, 6.45) is 5.09. The molecule has 0 saturated heterocycles. The van der Waals surface area contributed by atoms with Crippen molar-refractivity contribution in [2.75, 3.05) is 7.11 Å². The van der Waals surface area contributed by atoms with Crippen LogP contribution in [-0.4, -0.2) is 34.3 Å². The van der Waals surface area contributed by atoms with Gasteiger partial charge >= 0.3 is 5.97 Å². The van der Waals surface area contributed by atoms with Gasteiger partial charge in [-0.05, 0) is 18.4 Å². The molecule has 1 aliphatic carbocycles. The first-order valence-corrected chi connectivity index (χ1v) is 4.72. The number of hydrogen-bond donors (Lipinski definition) is 1. The predicted octanol–water partition coefficient (Wildman–Crippen LogP) is 0.0421. The van der Waals surface area contributed by atoms with Crippen LogP contribution in [0.5, 0.6) is 0 Å². The number of aliphatic hydroxyl groups excluding tert-OH is 1. The van der Waals surface area contributed by atoms with E-state index in [4.69, 9.17) is 0 Å². The summed E-state index contributed by atoms with van der Waals surface area (Å²) < 4.78 is 4.53. The van der Waals surface area contributed by atoms with Gasteiger partial charge in [0.15, 0.2) is 6.10 Å². The van der Waals surface area contributed by atoms with Gasteiger partial charge in [-0.25, -0.2) is 14.8 Å². The lowest BCUT2D eigenvalue weighted by molar-refractivity contribution is -0.152. The van der Waals surface area contributed by atoms with Crippen LogP contribution in [0.25, 0.3) is 0 Å². The second kappa shape index (κ2) is 3.58. The summed E-state index contributed by atoms with van der Waals surface area (Å²) in [5.74, 6) is -0.601. The van der Waals surface area contributed by atoms with Crippen LogP contribution in [0.1, 0.15) is 18.4 Å². The molecule has 5 nitrogen and oxygen atoms in total. The van der Waals surface area contributed by atoms with Crippen molar-refractivity contribution in [2.24, 2.45) is 0 Å². The zero-order chi connectivity index (χ0) is 10.9. The highest BCUT2D eigenvalue weighted by atomic mass is 16.5. The Morgan fingerprint density at radius 3 is 2.60 bits per heavy atom. The third-order valence-corrected chi connectivity index (χ3v) is 2.87. The maximum Gasteiger partial charge on any atom is 0.335 e. The quantitative estimate of drug-likeness (QED) is 0.710. The van der Waals surface area contributed by atoms with Crippen LogP contribution in [-0.2, 0) is 14.9 Å². The molecule has 2 rings (SSSR count). The highest BCUT2D eigenvalue weighted by Crippen LogP contribution is 2.50. The summed E-state index contributed by atoms with van der Waals surface area (Å²) in [6, 6.07) is 0. The first kappa shape index (κ1) is 10.0. The Morgan fingerprint density at radius 1 is 1.53 bits per heavy atom. The largest absolute Gasteiger partial charge is 0.467 e. The lowest BCUT2D eigenvalue weighted by Crippen LogP contribution is -2.35. The summed E-state index contributed by atoms with van der Waals surface area (Å²) in [5, 5.41) is 9.83. The van der Waals surface area contributed by atoms with E-state index in [1.807, 2.05) is 0 Å². The number of carbonyl (C=O) groups is 1. The number of ether oxygens (including phenoxy) is 1. The van der Waals surface area contributed by atoms with Gasteiger partial charge in [-0.15, -0.1) is 0 Å². The Labute approximate surface area is 87.1 Å². The van der Waals surface area contributed by atoms with Crippen molar-refractivity contribution < 1.29 is 14.6 Å². The van der Waals surface area contributed by atoms with Gasteiger partial charge in [0.1, 0.15) is 6.33 Å². The molecule has 1 aliphatic rings. The average Bonchev–Trinajstić information content (AvgIpc) is 3.09. The first-order chi connectivity index (χ1) is 7.20. The summed E-state index contributed by atoms with van der Waals surface area (Å²) in [5.41, 5.74) is 0.275. The number of methoxy groups -OCH3 is 1. The van der Waals surface area contributed by atoms with Crippen molar-refractivity contribution in [3.05, 3.63) is 24.3 Å². The predicted molar refractivity (Wildman–Crippen MR) is 51.0 cm³/mol. The van der Waals surface area contributed by atoms with Crippen LogP contribution in [0.3, 0.4) is 0 Å². The molecule has 1 atom stereocenters. The fourth-order valence-electron chi connectivity index (χ4n) is 1.75. The first-order valence-electron chi connectivity index (χ1n) is 4.72. The third-order valence-electron chi connectivity index (χ3n) is 2.87. The molecule has 0 bridgehead atoms. The van der Waals surface area contributed by atoms with E-state index in [1.165, 1.54) is 13.4 Å². The van der Waals surface area contributed by atoms with Crippen molar-refractivity contribution in [1.29, 1.82) is 0 Å². The minimum atomic E-state index is -1.12. The molecule has 5 heteroatoms. The minimum absolute atomic E-state index is 0.519. The average molecular weight is 208 g/mol. The zero-order valence-corrected chi connectivity index (χ0v) is 8.38. The lowest BCUT2D eigenvalue weighted by atomic mass is 9.92. The van der Waals surface area contributed by atoms with Gasteiger partial charge in [-0.2, -0.15) is 0 Å². The number of rotatable bonds is 3. The number of hydrogen-bond acceptors (Lipinski definition) is 5. The van der Waals surface area contributed by atoms with E-state index in [9.17, 15) is 9.90 Å². The molecule has 1 fully saturated rings. The Bertz CT molecular complexity index is 362. The monoisotopic (exact) mass is 208 g/mol. The van der Waals surface area contributed by atoms with Crippen LogP contribution in [0.2, 0.25) is 0 Å². The van der Waals surface area contributed by atoms with E-state index in [-0.39, 0.29) is 0 Å². The van der Waals surface area contributed by atoms with Crippen molar-refractivity contribution in [2.45, 2.75) is 24.4 Å². The molecular weight excluding hydrogens is 196 g/mol. The van der Waals surface area contributed by atoms with Crippen LogP contribution in [0.15, 0.2) is 18.7 Å². The summed E-state index contributed by atoms with van der Waals surface area (Å²) in [7, 11) is 1.27. The normalized spacial score (nSPS) is 19.3. The fraction of sp³-hybridized carbons (Fsp3) is 0.500. The standard InChI is InChI=1S/C10H12N2O3/c1-15-9(14)8(13)10(2-3-10)7-4-11-6-12-5-7/h4-6,8,13H,2-3H2,1H3. The number of aromatic nitrogens is 2. The number of carbonyl (C=O) groups excluding carboxylic acids is 1. The molecule has 0 aromatic carbocycles. The SMILES string of the molecule is COC(=O)C(O)C1(c2cncnc2)CC1. The van der Waals surface area contributed by atoms with Gasteiger partial charge in [0.2, 0.25) is 0 Å². The molecule has 1 N–H and O–H groups in total. The maximum atomic E-state index is 11.3. The van der Waals surface area contributed by atoms with Crippen molar-refractivity contribution >= 4 is 5.97 Å². The van der Waals surface area contributed by atoms with Gasteiger partial charge in [-0.1, -0.05) is 0 Å². The van der Waals surface area contributed by atoms with E-state index in [0.717, 1.165) is 18.4 Å². The van der Waals surface area contributed by atoms with E-state index in [1.54, 1.807) is 12.4 Å². The van der Waals surface area contributed by atoms with Crippen molar-refractivity contribution in [3.63, 3.8) is 0 Å². The molecule has 0 aliphatic heterocycles. The molecule has 1 unspecified atom stereocenters. The topological polar surface area (TPSA) is 72.3 Å². The summed E-state index contributed by atoms with van der Waals surface area (Å²) >= 11 is 0. The van der Waals surface area contributed by atoms with Crippen LogP contribution in [0, 0.1) is 0 Å². The maximum absolute atomic E-state index is 11.3. The van der Waals surface area contributed by atoms with Gasteiger partial charge < -0.3 is 9.84 Å². The summed E-state index contributed by atoms with van der Waals surface area (Å²) in [6.45, 7) is 0. The van der Waals surface area contributed by atoms with E-state index in [0.29, 0.717) is 0 Å². The Balaban J connectivity index is 2.25. The number of aliphatic hydroxyl groups is 1. The molecule has 0 radical (unpaired) electrons. The minimum Gasteiger partial charge on any atom is -0.467 e. The van der Waals surface area contributed by atoms with Crippen molar-refractivity contribution in [3.8, 4) is 0 Å². The van der Waals surface area contributed by atoms with Crippen LogP contribution >= 0.6 is 0 Å². The summed E-state index contributed by atoms with van der Waals surface area (Å²) in [4.78, 5) is 19.0. The lowest BCUT2D eigenvalue weighted by Gasteiger charge is -2.19. The second-order valence-electron chi connectivity index (χ2n) is 3.71. The van der Waals surface area contributed by atoms with Crippen LogP contribution in [0.4, 0.5) is 0 Å². The second-order valence-corrected chi connectivity index (χ2v) is 3.71. The van der Waals surface area contributed by atoms with Gasteiger partial charge in [-0.3, -0.25) is 0 Å². The fourth-order valence-corrected chi connectivity index (χ4v) is 1.75.